The maximum atomic E-state index is 13.5. The maximum Gasteiger partial charge on any atom is 0.319 e. The Hall–Kier alpha value is -2.07. The third kappa shape index (κ3) is 4.21. The number of nitrogens with one attached hydrogen (secondary N) is 2. The molecule has 116 valence electrons. The van der Waals surface area contributed by atoms with Gasteiger partial charge in [0.25, 0.3) is 0 Å². The van der Waals surface area contributed by atoms with Crippen LogP contribution in [0.25, 0.3) is 0 Å². The lowest BCUT2D eigenvalue weighted by Crippen LogP contribution is -2.32. The van der Waals surface area contributed by atoms with Gasteiger partial charge in [-0.15, -0.1) is 0 Å². The van der Waals surface area contributed by atoms with Crippen LogP contribution in [-0.4, -0.2) is 6.03 Å². The van der Waals surface area contributed by atoms with Crippen LogP contribution in [0, 0.1) is 12.7 Å². The van der Waals surface area contributed by atoms with Crippen molar-refractivity contribution < 1.29 is 9.18 Å². The van der Waals surface area contributed by atoms with Crippen molar-refractivity contribution >= 4 is 23.3 Å². The van der Waals surface area contributed by atoms with Gasteiger partial charge in [-0.3, -0.25) is 0 Å². The van der Waals surface area contributed by atoms with Gasteiger partial charge in [0.1, 0.15) is 5.82 Å². The lowest BCUT2D eigenvalue weighted by molar-refractivity contribution is 0.248. The van der Waals surface area contributed by atoms with E-state index in [1.54, 1.807) is 31.2 Å². The van der Waals surface area contributed by atoms with Crippen LogP contribution in [0.3, 0.4) is 0 Å². The Bertz CT molecular complexity index is 658. The number of aryl methyl sites for hydroxylation is 1. The molecule has 0 saturated heterocycles. The first-order valence-corrected chi connectivity index (χ1v) is 7.46. The second kappa shape index (κ2) is 7.27. The van der Waals surface area contributed by atoms with E-state index in [9.17, 15) is 9.18 Å². The molecule has 0 unspecified atom stereocenters. The fourth-order valence-electron chi connectivity index (χ4n) is 2.11. The van der Waals surface area contributed by atoms with E-state index in [0.29, 0.717) is 16.3 Å². The summed E-state index contributed by atoms with van der Waals surface area (Å²) in [7, 11) is 0. The summed E-state index contributed by atoms with van der Waals surface area (Å²) in [5.74, 6) is -0.345. The number of carbonyl (C=O) groups excluding carboxylic acids is 1. The molecule has 0 heterocycles. The first kappa shape index (κ1) is 16.3. The van der Waals surface area contributed by atoms with E-state index in [4.69, 9.17) is 11.6 Å². The molecule has 2 aromatic carbocycles. The molecule has 0 aliphatic carbocycles. The van der Waals surface area contributed by atoms with Gasteiger partial charge in [-0.05, 0) is 48.7 Å². The Balaban J connectivity index is 2.02. The van der Waals surface area contributed by atoms with E-state index in [1.165, 1.54) is 6.07 Å². The van der Waals surface area contributed by atoms with Crippen molar-refractivity contribution in [1.82, 2.24) is 5.32 Å². The number of rotatable bonds is 4. The monoisotopic (exact) mass is 320 g/mol. The average Bonchev–Trinajstić information content (AvgIpc) is 2.49. The molecular weight excluding hydrogens is 303 g/mol. The summed E-state index contributed by atoms with van der Waals surface area (Å²) in [6.45, 7) is 3.65. The molecule has 0 saturated carbocycles. The van der Waals surface area contributed by atoms with Crippen LogP contribution in [0.4, 0.5) is 14.9 Å². The lowest BCUT2D eigenvalue weighted by atomic mass is 10.1. The average molecular weight is 321 g/mol. The maximum absolute atomic E-state index is 13.5. The van der Waals surface area contributed by atoms with Crippen LogP contribution in [0.1, 0.15) is 30.5 Å². The van der Waals surface area contributed by atoms with Gasteiger partial charge in [-0.1, -0.05) is 36.7 Å². The predicted molar refractivity (Wildman–Crippen MR) is 87.8 cm³/mol. The van der Waals surface area contributed by atoms with Crippen LogP contribution >= 0.6 is 11.6 Å². The normalized spacial score (nSPS) is 11.8. The summed E-state index contributed by atoms with van der Waals surface area (Å²) >= 11 is 5.86. The van der Waals surface area contributed by atoms with E-state index >= 15 is 0 Å². The molecule has 2 rings (SSSR count). The van der Waals surface area contributed by atoms with Gasteiger partial charge in [-0.2, -0.15) is 0 Å². The first-order valence-electron chi connectivity index (χ1n) is 7.08. The van der Waals surface area contributed by atoms with Crippen molar-refractivity contribution in [2.45, 2.75) is 26.3 Å². The Morgan fingerprint density at radius 3 is 2.50 bits per heavy atom. The van der Waals surface area contributed by atoms with Gasteiger partial charge in [0.15, 0.2) is 0 Å². The highest BCUT2D eigenvalue weighted by Gasteiger charge is 2.13. The molecule has 22 heavy (non-hydrogen) atoms. The summed E-state index contributed by atoms with van der Waals surface area (Å²) in [6.07, 6.45) is 0.733. The minimum atomic E-state index is -0.370. The highest BCUT2D eigenvalue weighted by atomic mass is 35.5. The standard InChI is InChI=1S/C17H18ClFN2O/c1-3-16(12-5-7-13(18)8-6-12)21-17(22)20-14-9-4-11(2)15(19)10-14/h4-10,16H,3H2,1-2H3,(H2,20,21,22)/t16-/m1/s1. The van der Waals surface area contributed by atoms with E-state index in [1.807, 2.05) is 19.1 Å². The Labute approximate surface area is 134 Å². The number of benzene rings is 2. The van der Waals surface area contributed by atoms with Gasteiger partial charge >= 0.3 is 6.03 Å². The molecule has 0 bridgehead atoms. The van der Waals surface area contributed by atoms with E-state index in [0.717, 1.165) is 12.0 Å². The smallest absolute Gasteiger partial charge is 0.319 e. The number of hydrogen-bond donors (Lipinski definition) is 2. The quantitative estimate of drug-likeness (QED) is 0.812. The topological polar surface area (TPSA) is 41.1 Å². The van der Waals surface area contributed by atoms with Crippen molar-refractivity contribution in [3.05, 3.63) is 64.4 Å². The Kier molecular flexibility index (Phi) is 5.39. The summed E-state index contributed by atoms with van der Waals surface area (Å²) in [6, 6.07) is 11.4. The van der Waals surface area contributed by atoms with Crippen molar-refractivity contribution in [1.29, 1.82) is 0 Å². The number of amides is 2. The Morgan fingerprint density at radius 2 is 1.91 bits per heavy atom. The SMILES string of the molecule is CC[C@@H](NC(=O)Nc1ccc(C)c(F)c1)c1ccc(Cl)cc1. The van der Waals surface area contributed by atoms with Crippen LogP contribution in [-0.2, 0) is 0 Å². The van der Waals surface area contributed by atoms with E-state index in [-0.39, 0.29) is 17.9 Å². The molecule has 2 amide bonds. The minimum absolute atomic E-state index is 0.132. The number of anilines is 1. The van der Waals surface area contributed by atoms with Gasteiger partial charge in [0, 0.05) is 10.7 Å². The van der Waals surface area contributed by atoms with E-state index < -0.39 is 0 Å². The molecule has 0 aliphatic heterocycles. The van der Waals surface area contributed by atoms with Crippen molar-refractivity contribution in [2.24, 2.45) is 0 Å². The summed E-state index contributed by atoms with van der Waals surface area (Å²) < 4.78 is 13.5. The predicted octanol–water partition coefficient (Wildman–Crippen LogP) is 5.06. The summed E-state index contributed by atoms with van der Waals surface area (Å²) in [4.78, 5) is 12.0. The lowest BCUT2D eigenvalue weighted by Gasteiger charge is -2.18. The number of carbonyl (C=O) groups is 1. The van der Waals surface area contributed by atoms with Crippen LogP contribution in [0.15, 0.2) is 42.5 Å². The molecule has 0 aliphatic rings. The molecule has 2 aromatic rings. The molecule has 0 radical (unpaired) electrons. The van der Waals surface area contributed by atoms with Gasteiger partial charge in [-0.25, -0.2) is 9.18 Å². The molecule has 0 aromatic heterocycles. The molecule has 2 N–H and O–H groups in total. The van der Waals surface area contributed by atoms with Crippen molar-refractivity contribution in [3.8, 4) is 0 Å². The third-order valence-electron chi connectivity index (χ3n) is 3.42. The largest absolute Gasteiger partial charge is 0.331 e. The second-order valence-corrected chi connectivity index (χ2v) is 5.51. The van der Waals surface area contributed by atoms with Crippen molar-refractivity contribution in [3.63, 3.8) is 0 Å². The zero-order valence-electron chi connectivity index (χ0n) is 12.5. The minimum Gasteiger partial charge on any atom is -0.331 e. The fourth-order valence-corrected chi connectivity index (χ4v) is 2.24. The summed E-state index contributed by atoms with van der Waals surface area (Å²) in [5, 5.41) is 6.16. The summed E-state index contributed by atoms with van der Waals surface area (Å²) in [5.41, 5.74) is 1.93. The van der Waals surface area contributed by atoms with Crippen LogP contribution in [0.5, 0.6) is 0 Å². The first-order chi connectivity index (χ1) is 10.5. The highest BCUT2D eigenvalue weighted by molar-refractivity contribution is 6.30. The van der Waals surface area contributed by atoms with Gasteiger partial charge in [0.05, 0.1) is 6.04 Å². The molecule has 1 atom stereocenters. The van der Waals surface area contributed by atoms with Gasteiger partial charge in [0.2, 0.25) is 0 Å². The van der Waals surface area contributed by atoms with Crippen LogP contribution < -0.4 is 10.6 Å². The second-order valence-electron chi connectivity index (χ2n) is 5.07. The molecule has 5 heteroatoms. The number of halogens is 2. The molecule has 0 spiro atoms. The van der Waals surface area contributed by atoms with Crippen molar-refractivity contribution in [2.75, 3.05) is 5.32 Å². The molecule has 3 nitrogen and oxygen atoms in total. The zero-order chi connectivity index (χ0) is 16.1. The molecular formula is C17H18ClFN2O. The van der Waals surface area contributed by atoms with E-state index in [2.05, 4.69) is 10.6 Å². The Morgan fingerprint density at radius 1 is 1.23 bits per heavy atom. The van der Waals surface area contributed by atoms with Gasteiger partial charge < -0.3 is 10.6 Å². The highest BCUT2D eigenvalue weighted by Crippen LogP contribution is 2.20. The number of urea groups is 1. The molecule has 0 fully saturated rings. The number of hydrogen-bond acceptors (Lipinski definition) is 1. The fraction of sp³-hybridized carbons (Fsp3) is 0.235. The third-order valence-corrected chi connectivity index (χ3v) is 3.67. The van der Waals surface area contributed by atoms with Crippen LogP contribution in [0.2, 0.25) is 5.02 Å². The zero-order valence-corrected chi connectivity index (χ0v) is 13.2.